The molecule has 0 radical (unpaired) electrons. The smallest absolute Gasteiger partial charge is 0.373 e. The Kier molecular flexibility index (Phi) is 6.81. The molecule has 0 atom stereocenters. The number of carbonyl (C=O) groups excluding carboxylic acids is 3. The number of rotatable bonds is 8. The Labute approximate surface area is 199 Å². The van der Waals surface area contributed by atoms with Crippen molar-refractivity contribution in [2.24, 2.45) is 0 Å². The zero-order chi connectivity index (χ0) is 24.9. The van der Waals surface area contributed by atoms with Crippen molar-refractivity contribution in [3.8, 4) is 11.5 Å². The first kappa shape index (κ1) is 23.6. The maximum Gasteiger partial charge on any atom is 0.373 e. The first-order chi connectivity index (χ1) is 16.9. The molecule has 3 amide bonds. The lowest BCUT2D eigenvalue weighted by molar-refractivity contribution is -0.123. The number of benzene rings is 2. The Balaban J connectivity index is 1.46. The van der Waals surface area contributed by atoms with Crippen LogP contribution in [-0.4, -0.2) is 37.0 Å². The quantitative estimate of drug-likeness (QED) is 0.296. The van der Waals surface area contributed by atoms with Crippen LogP contribution in [0.5, 0.6) is 11.5 Å². The number of nitrogens with one attached hydrogen (secondary N) is 1. The van der Waals surface area contributed by atoms with Crippen molar-refractivity contribution in [1.29, 1.82) is 0 Å². The van der Waals surface area contributed by atoms with Gasteiger partial charge in [0.2, 0.25) is 5.76 Å². The molecule has 1 saturated heterocycles. The van der Waals surface area contributed by atoms with Crippen LogP contribution in [-0.2, 0) is 22.7 Å². The number of hydrogen-bond acceptors (Lipinski definition) is 7. The van der Waals surface area contributed by atoms with E-state index in [1.165, 1.54) is 44.6 Å². The van der Waals surface area contributed by atoms with Crippen LogP contribution in [0.1, 0.15) is 27.4 Å². The lowest BCUT2D eigenvalue weighted by atomic mass is 10.1. The fourth-order valence-corrected chi connectivity index (χ4v) is 3.39. The molecule has 1 N–H and O–H groups in total. The second-order valence-electron chi connectivity index (χ2n) is 7.47. The molecule has 35 heavy (non-hydrogen) atoms. The van der Waals surface area contributed by atoms with Gasteiger partial charge in [-0.2, -0.15) is 0 Å². The molecule has 10 heteroatoms. The highest BCUT2D eigenvalue weighted by atomic mass is 19.1. The number of methoxy groups -OCH3 is 2. The van der Waals surface area contributed by atoms with Gasteiger partial charge in [0.05, 0.1) is 20.8 Å². The second-order valence-corrected chi connectivity index (χ2v) is 7.47. The van der Waals surface area contributed by atoms with Gasteiger partial charge in [-0.15, -0.1) is 0 Å². The molecule has 1 aliphatic heterocycles. The molecule has 1 aliphatic rings. The number of ether oxygens (including phenoxy) is 3. The van der Waals surface area contributed by atoms with Crippen molar-refractivity contribution in [2.45, 2.75) is 13.2 Å². The average Bonchev–Trinajstić information content (AvgIpc) is 3.43. The summed E-state index contributed by atoms with van der Waals surface area (Å²) in [5.74, 6) is -0.526. The predicted octanol–water partition coefficient (Wildman–Crippen LogP) is 3.89. The van der Waals surface area contributed by atoms with E-state index < -0.39 is 17.9 Å². The number of furan rings is 1. The van der Waals surface area contributed by atoms with Gasteiger partial charge in [-0.3, -0.25) is 9.69 Å². The number of halogens is 1. The van der Waals surface area contributed by atoms with Crippen molar-refractivity contribution < 1.29 is 37.4 Å². The molecular weight excluding hydrogens is 459 g/mol. The SMILES string of the molecule is COC(=O)c1ccc(CN2C(=O)N/C(=C\c3ccc(OCc4cccc(F)c4)c(OC)c3)C2=O)o1. The van der Waals surface area contributed by atoms with Crippen LogP contribution in [0.2, 0.25) is 0 Å². The van der Waals surface area contributed by atoms with Crippen LogP contribution in [0.3, 0.4) is 0 Å². The summed E-state index contributed by atoms with van der Waals surface area (Å²) in [5.41, 5.74) is 1.30. The van der Waals surface area contributed by atoms with Crippen LogP contribution < -0.4 is 14.8 Å². The summed E-state index contributed by atoms with van der Waals surface area (Å²) in [7, 11) is 2.69. The van der Waals surface area contributed by atoms with Crippen molar-refractivity contribution in [3.05, 3.63) is 88.8 Å². The third-order valence-electron chi connectivity index (χ3n) is 5.11. The highest BCUT2D eigenvalue weighted by Gasteiger charge is 2.34. The van der Waals surface area contributed by atoms with Gasteiger partial charge >= 0.3 is 12.0 Å². The minimum absolute atomic E-state index is 0.0304. The summed E-state index contributed by atoms with van der Waals surface area (Å²) >= 11 is 0. The van der Waals surface area contributed by atoms with Gasteiger partial charge in [-0.25, -0.2) is 14.0 Å². The zero-order valence-electron chi connectivity index (χ0n) is 18.9. The number of esters is 1. The Hall–Kier alpha value is -4.60. The van der Waals surface area contributed by atoms with E-state index in [2.05, 4.69) is 10.1 Å². The Morgan fingerprint density at radius 3 is 2.66 bits per heavy atom. The van der Waals surface area contributed by atoms with Crippen LogP contribution in [0, 0.1) is 5.82 Å². The normalized spacial score (nSPS) is 14.3. The molecule has 2 heterocycles. The third-order valence-corrected chi connectivity index (χ3v) is 5.11. The van der Waals surface area contributed by atoms with Crippen LogP contribution in [0.25, 0.3) is 6.08 Å². The minimum Gasteiger partial charge on any atom is -0.493 e. The summed E-state index contributed by atoms with van der Waals surface area (Å²) in [5, 5.41) is 2.52. The summed E-state index contributed by atoms with van der Waals surface area (Å²) in [6.45, 7) is -0.0162. The van der Waals surface area contributed by atoms with Gasteiger partial charge in [0.1, 0.15) is 23.9 Å². The van der Waals surface area contributed by atoms with E-state index >= 15 is 0 Å². The van der Waals surface area contributed by atoms with E-state index in [1.807, 2.05) is 0 Å². The Morgan fingerprint density at radius 2 is 1.91 bits per heavy atom. The minimum atomic E-state index is -0.661. The number of carbonyl (C=O) groups is 3. The maximum atomic E-state index is 13.4. The van der Waals surface area contributed by atoms with Crippen molar-refractivity contribution in [2.75, 3.05) is 14.2 Å². The van der Waals surface area contributed by atoms with Gasteiger partial charge in [0.15, 0.2) is 11.5 Å². The zero-order valence-corrected chi connectivity index (χ0v) is 18.9. The standard InChI is InChI=1S/C25H21FN2O7/c1-32-22-12-15(6-8-20(22)34-14-16-4-3-5-17(26)10-16)11-19-23(29)28(25(31)27-19)13-18-7-9-21(35-18)24(30)33-2/h3-12H,13-14H2,1-2H3,(H,27,31)/b19-11-. The summed E-state index contributed by atoms with van der Waals surface area (Å²) in [6.07, 6.45) is 1.50. The highest BCUT2D eigenvalue weighted by molar-refractivity contribution is 6.13. The number of urea groups is 1. The monoisotopic (exact) mass is 480 g/mol. The van der Waals surface area contributed by atoms with Gasteiger partial charge < -0.3 is 23.9 Å². The molecule has 180 valence electrons. The second kappa shape index (κ2) is 10.1. The van der Waals surface area contributed by atoms with Crippen molar-refractivity contribution in [1.82, 2.24) is 10.2 Å². The molecule has 2 aromatic carbocycles. The van der Waals surface area contributed by atoms with Crippen molar-refractivity contribution in [3.63, 3.8) is 0 Å². The van der Waals surface area contributed by atoms with Crippen LogP contribution >= 0.6 is 0 Å². The van der Waals surface area contributed by atoms with Crippen LogP contribution in [0.4, 0.5) is 9.18 Å². The molecule has 0 bridgehead atoms. The van der Waals surface area contributed by atoms with E-state index in [0.717, 1.165) is 4.90 Å². The van der Waals surface area contributed by atoms with E-state index in [9.17, 15) is 18.8 Å². The van der Waals surface area contributed by atoms with E-state index in [-0.39, 0.29) is 36.2 Å². The number of nitrogens with zero attached hydrogens (tertiary/aromatic N) is 1. The lowest BCUT2D eigenvalue weighted by Crippen LogP contribution is -2.30. The fourth-order valence-electron chi connectivity index (χ4n) is 3.39. The summed E-state index contributed by atoms with van der Waals surface area (Å²) in [6, 6.07) is 13.3. The molecule has 0 saturated carbocycles. The Bertz CT molecular complexity index is 1310. The van der Waals surface area contributed by atoms with Gasteiger partial charge in [-0.1, -0.05) is 18.2 Å². The maximum absolute atomic E-state index is 13.4. The van der Waals surface area contributed by atoms with E-state index in [0.29, 0.717) is 22.6 Å². The molecule has 1 aromatic heterocycles. The summed E-state index contributed by atoms with van der Waals surface area (Å²) in [4.78, 5) is 37.6. The van der Waals surface area contributed by atoms with E-state index in [4.69, 9.17) is 13.9 Å². The molecular formula is C25H21FN2O7. The average molecular weight is 480 g/mol. The first-order valence-electron chi connectivity index (χ1n) is 10.4. The molecule has 1 fully saturated rings. The molecule has 0 spiro atoms. The predicted molar refractivity (Wildman–Crippen MR) is 121 cm³/mol. The Morgan fingerprint density at radius 1 is 1.09 bits per heavy atom. The molecule has 0 aliphatic carbocycles. The van der Waals surface area contributed by atoms with Gasteiger partial charge in [0, 0.05) is 0 Å². The fraction of sp³-hybridized carbons (Fsp3) is 0.160. The molecule has 3 aromatic rings. The largest absolute Gasteiger partial charge is 0.493 e. The first-order valence-corrected chi connectivity index (χ1v) is 10.4. The molecule has 4 rings (SSSR count). The van der Waals surface area contributed by atoms with Gasteiger partial charge in [-0.05, 0) is 53.6 Å². The third kappa shape index (κ3) is 5.32. The number of amides is 3. The van der Waals surface area contributed by atoms with Crippen LogP contribution in [0.15, 0.2) is 64.7 Å². The topological polar surface area (TPSA) is 107 Å². The van der Waals surface area contributed by atoms with Crippen molar-refractivity contribution >= 4 is 24.0 Å². The lowest BCUT2D eigenvalue weighted by Gasteiger charge is -2.12. The van der Waals surface area contributed by atoms with Gasteiger partial charge in [0.25, 0.3) is 5.91 Å². The molecule has 0 unspecified atom stereocenters. The summed E-state index contributed by atoms with van der Waals surface area (Å²) < 4.78 is 34.4. The number of imide groups is 1. The number of hydrogen-bond donors (Lipinski definition) is 1. The van der Waals surface area contributed by atoms with E-state index in [1.54, 1.807) is 30.3 Å². The molecule has 9 nitrogen and oxygen atoms in total. The highest BCUT2D eigenvalue weighted by Crippen LogP contribution is 2.30.